The Morgan fingerprint density at radius 1 is 1.15 bits per heavy atom. The van der Waals surface area contributed by atoms with Crippen molar-refractivity contribution < 1.29 is 5.11 Å². The maximum absolute atomic E-state index is 9.97. The second-order valence-corrected chi connectivity index (χ2v) is 5.52. The number of aliphatic hydroxyl groups is 1. The van der Waals surface area contributed by atoms with E-state index in [1.165, 1.54) is 0 Å². The highest BCUT2D eigenvalue weighted by molar-refractivity contribution is 5.61. The van der Waals surface area contributed by atoms with Crippen LogP contribution in [0.5, 0.6) is 0 Å². The summed E-state index contributed by atoms with van der Waals surface area (Å²) in [4.78, 5) is 0. The summed E-state index contributed by atoms with van der Waals surface area (Å²) in [6.07, 6.45) is 3.39. The van der Waals surface area contributed by atoms with Crippen LogP contribution in [0.15, 0.2) is 42.7 Å². The summed E-state index contributed by atoms with van der Waals surface area (Å²) in [7, 11) is 0. The fourth-order valence-corrected chi connectivity index (χ4v) is 2.06. The molecule has 1 unspecified atom stereocenters. The van der Waals surface area contributed by atoms with E-state index in [2.05, 4.69) is 36.4 Å². The van der Waals surface area contributed by atoms with Gasteiger partial charge in [0.2, 0.25) is 0 Å². The quantitative estimate of drug-likeness (QED) is 0.813. The summed E-state index contributed by atoms with van der Waals surface area (Å²) in [6.45, 7) is 6.33. The van der Waals surface area contributed by atoms with Gasteiger partial charge < -0.3 is 10.4 Å². The molecule has 20 heavy (non-hydrogen) atoms. The van der Waals surface area contributed by atoms with Gasteiger partial charge in [0, 0.05) is 18.3 Å². The number of rotatable bonds is 7. The minimum absolute atomic E-state index is 0.419. The van der Waals surface area contributed by atoms with E-state index in [-0.39, 0.29) is 0 Å². The Kier molecular flexibility index (Phi) is 5.32. The molecule has 0 bridgehead atoms. The van der Waals surface area contributed by atoms with Gasteiger partial charge in [0.25, 0.3) is 0 Å². The minimum atomic E-state index is -0.419. The highest BCUT2D eigenvalue weighted by atomic mass is 16.3. The molecule has 2 aromatic rings. The molecule has 0 radical (unpaired) electrons. The van der Waals surface area contributed by atoms with Crippen LogP contribution in [0, 0.1) is 5.92 Å². The van der Waals surface area contributed by atoms with Crippen molar-refractivity contribution in [3.05, 3.63) is 42.7 Å². The largest absolute Gasteiger partial charge is 0.390 e. The van der Waals surface area contributed by atoms with Gasteiger partial charge in [-0.15, -0.1) is 0 Å². The molecule has 0 saturated heterocycles. The predicted molar refractivity (Wildman–Crippen MR) is 81.4 cm³/mol. The van der Waals surface area contributed by atoms with Crippen molar-refractivity contribution >= 4 is 0 Å². The van der Waals surface area contributed by atoms with E-state index >= 15 is 0 Å². The summed E-state index contributed by atoms with van der Waals surface area (Å²) < 4.78 is 1.80. The van der Waals surface area contributed by atoms with Gasteiger partial charge in [0.05, 0.1) is 18.8 Å². The lowest BCUT2D eigenvalue weighted by atomic mass is 10.1. The van der Waals surface area contributed by atoms with Gasteiger partial charge >= 0.3 is 0 Å². The third-order valence-corrected chi connectivity index (χ3v) is 3.07. The second kappa shape index (κ2) is 7.22. The van der Waals surface area contributed by atoms with Gasteiger partial charge in [-0.1, -0.05) is 44.2 Å². The monoisotopic (exact) mass is 273 g/mol. The van der Waals surface area contributed by atoms with Gasteiger partial charge in [0.15, 0.2) is 0 Å². The number of hydrogen-bond acceptors (Lipinski definition) is 3. The first-order valence-electron chi connectivity index (χ1n) is 7.12. The molecule has 108 valence electrons. The smallest absolute Gasteiger partial charge is 0.0860 e. The van der Waals surface area contributed by atoms with Crippen LogP contribution in [0.2, 0.25) is 0 Å². The van der Waals surface area contributed by atoms with Crippen LogP contribution < -0.4 is 5.32 Å². The maximum atomic E-state index is 9.97. The number of benzene rings is 1. The van der Waals surface area contributed by atoms with E-state index in [1.807, 2.05) is 30.6 Å². The minimum Gasteiger partial charge on any atom is -0.390 e. The van der Waals surface area contributed by atoms with Crippen molar-refractivity contribution in [1.82, 2.24) is 15.1 Å². The summed E-state index contributed by atoms with van der Waals surface area (Å²) in [5.74, 6) is 0.594. The van der Waals surface area contributed by atoms with Gasteiger partial charge in [-0.2, -0.15) is 5.10 Å². The molecule has 0 aliphatic heterocycles. The van der Waals surface area contributed by atoms with Crippen molar-refractivity contribution in [2.24, 2.45) is 5.92 Å². The molecule has 0 aliphatic carbocycles. The molecule has 0 saturated carbocycles. The number of aromatic nitrogens is 2. The van der Waals surface area contributed by atoms with Gasteiger partial charge in [-0.3, -0.25) is 4.68 Å². The van der Waals surface area contributed by atoms with Crippen LogP contribution in [0.1, 0.15) is 13.8 Å². The molecule has 2 rings (SSSR count). The Bertz CT molecular complexity index is 507. The van der Waals surface area contributed by atoms with Crippen molar-refractivity contribution in [2.75, 3.05) is 13.1 Å². The van der Waals surface area contributed by atoms with Crippen LogP contribution in [0.4, 0.5) is 0 Å². The Morgan fingerprint density at radius 2 is 1.90 bits per heavy atom. The Hall–Kier alpha value is -1.65. The fraction of sp³-hybridized carbons (Fsp3) is 0.438. The molecular formula is C16H23N3O. The summed E-state index contributed by atoms with van der Waals surface area (Å²) in [5.41, 5.74) is 2.22. The highest BCUT2D eigenvalue weighted by Gasteiger charge is 2.07. The molecule has 2 N–H and O–H groups in total. The van der Waals surface area contributed by atoms with Crippen LogP contribution in [0.25, 0.3) is 11.1 Å². The van der Waals surface area contributed by atoms with E-state index < -0.39 is 6.10 Å². The zero-order valence-electron chi connectivity index (χ0n) is 12.2. The van der Waals surface area contributed by atoms with Crippen LogP contribution in [0.3, 0.4) is 0 Å². The zero-order valence-corrected chi connectivity index (χ0v) is 12.2. The molecule has 0 fully saturated rings. The maximum Gasteiger partial charge on any atom is 0.0860 e. The Morgan fingerprint density at radius 3 is 2.60 bits per heavy atom. The Balaban J connectivity index is 1.86. The normalized spacial score (nSPS) is 12.8. The van der Waals surface area contributed by atoms with Gasteiger partial charge in [-0.25, -0.2) is 0 Å². The fourth-order valence-electron chi connectivity index (χ4n) is 2.06. The molecule has 1 heterocycles. The first-order valence-corrected chi connectivity index (χ1v) is 7.12. The molecular weight excluding hydrogens is 250 g/mol. The molecule has 1 aromatic heterocycles. The second-order valence-electron chi connectivity index (χ2n) is 5.52. The summed E-state index contributed by atoms with van der Waals surface area (Å²) in [5, 5.41) is 17.5. The van der Waals surface area contributed by atoms with Gasteiger partial charge in [0.1, 0.15) is 0 Å². The first-order chi connectivity index (χ1) is 9.65. The SMILES string of the molecule is CC(C)CNCC(O)Cn1cc(-c2ccccc2)cn1. The van der Waals surface area contributed by atoms with Crippen molar-refractivity contribution in [1.29, 1.82) is 0 Å². The molecule has 0 spiro atoms. The number of nitrogens with one attached hydrogen (secondary N) is 1. The Labute approximate surface area is 120 Å². The van der Waals surface area contributed by atoms with E-state index in [0.717, 1.165) is 17.7 Å². The molecule has 0 aliphatic rings. The van der Waals surface area contributed by atoms with E-state index in [4.69, 9.17) is 0 Å². The first kappa shape index (κ1) is 14.8. The number of nitrogens with zero attached hydrogens (tertiary/aromatic N) is 2. The standard InChI is InChI=1S/C16H23N3O/c1-13(2)8-17-10-16(20)12-19-11-15(9-18-19)14-6-4-3-5-7-14/h3-7,9,11,13,16-17,20H,8,10,12H2,1-2H3. The summed E-state index contributed by atoms with van der Waals surface area (Å²) in [6, 6.07) is 10.1. The highest BCUT2D eigenvalue weighted by Crippen LogP contribution is 2.17. The lowest BCUT2D eigenvalue weighted by molar-refractivity contribution is 0.146. The van der Waals surface area contributed by atoms with E-state index in [0.29, 0.717) is 19.0 Å². The third kappa shape index (κ3) is 4.47. The average molecular weight is 273 g/mol. The van der Waals surface area contributed by atoms with Crippen LogP contribution >= 0.6 is 0 Å². The number of hydrogen-bond donors (Lipinski definition) is 2. The molecule has 0 amide bonds. The third-order valence-electron chi connectivity index (χ3n) is 3.07. The number of aliphatic hydroxyl groups excluding tert-OH is 1. The lowest BCUT2D eigenvalue weighted by Crippen LogP contribution is -2.32. The van der Waals surface area contributed by atoms with Crippen LogP contribution in [-0.4, -0.2) is 34.1 Å². The van der Waals surface area contributed by atoms with Crippen molar-refractivity contribution in [3.63, 3.8) is 0 Å². The topological polar surface area (TPSA) is 50.1 Å². The summed E-state index contributed by atoms with van der Waals surface area (Å²) >= 11 is 0. The molecule has 4 heteroatoms. The zero-order chi connectivity index (χ0) is 14.4. The lowest BCUT2D eigenvalue weighted by Gasteiger charge is -2.13. The molecule has 1 aromatic carbocycles. The predicted octanol–water partition coefficient (Wildman–Crippen LogP) is 2.16. The van der Waals surface area contributed by atoms with Gasteiger partial charge in [-0.05, 0) is 18.0 Å². The molecule has 4 nitrogen and oxygen atoms in total. The van der Waals surface area contributed by atoms with Crippen molar-refractivity contribution in [2.45, 2.75) is 26.5 Å². The molecule has 1 atom stereocenters. The average Bonchev–Trinajstić information content (AvgIpc) is 2.88. The van der Waals surface area contributed by atoms with Crippen LogP contribution in [-0.2, 0) is 6.54 Å². The van der Waals surface area contributed by atoms with Crippen molar-refractivity contribution in [3.8, 4) is 11.1 Å². The van der Waals surface area contributed by atoms with E-state index in [9.17, 15) is 5.11 Å². The van der Waals surface area contributed by atoms with E-state index in [1.54, 1.807) is 4.68 Å².